The van der Waals surface area contributed by atoms with Gasteiger partial charge < -0.3 is 22.6 Å². The van der Waals surface area contributed by atoms with Gasteiger partial charge in [0.2, 0.25) is 6.41 Å². The van der Waals surface area contributed by atoms with Gasteiger partial charge in [0.05, 0.1) is 0 Å². The number of carbonyl (C=O) groups is 3. The molecule has 0 aliphatic carbocycles. The van der Waals surface area contributed by atoms with Crippen molar-refractivity contribution >= 4 is 62.5 Å². The molecule has 156 valence electrons. The number of β-lactam (4-membered cyclic amide) rings is 1. The van der Waals surface area contributed by atoms with Crippen molar-refractivity contribution < 1.29 is 63.2 Å². The Bertz CT molecular complexity index is 899. The van der Waals surface area contributed by atoms with Crippen molar-refractivity contribution in [3.63, 3.8) is 0 Å². The van der Waals surface area contributed by atoms with Gasteiger partial charge in [-0.15, -0.1) is 23.1 Å². The van der Waals surface area contributed by atoms with Crippen molar-refractivity contribution in [2.75, 3.05) is 25.1 Å². The van der Waals surface area contributed by atoms with E-state index in [4.69, 9.17) is 5.73 Å². The van der Waals surface area contributed by atoms with Gasteiger partial charge in [-0.3, -0.25) is 18.9 Å². The predicted octanol–water partition coefficient (Wildman–Crippen LogP) is -4.87. The van der Waals surface area contributed by atoms with Gasteiger partial charge in [-0.05, 0) is 0 Å². The van der Waals surface area contributed by atoms with Gasteiger partial charge in [-0.1, -0.05) is 5.16 Å². The number of nitrogens with one attached hydrogen (secondary N) is 2. The van der Waals surface area contributed by atoms with Gasteiger partial charge in [-0.2, -0.15) is 12.7 Å². The molecule has 1 aliphatic rings. The number of thiazole rings is 1. The minimum atomic E-state index is -4.82. The molecule has 1 fully saturated rings. The summed E-state index contributed by atoms with van der Waals surface area (Å²) in [6, 6.07) is -1.26. The number of oxime groups is 1. The summed E-state index contributed by atoms with van der Waals surface area (Å²) in [6.07, 6.45) is 0.458. The molecular weight excluding hydrogens is 459 g/mol. The van der Waals surface area contributed by atoms with Crippen LogP contribution in [0.3, 0.4) is 0 Å². The fourth-order valence-electron chi connectivity index (χ4n) is 2.18. The number of nitrogen functional groups attached to an aromatic ring is 1. The van der Waals surface area contributed by atoms with Gasteiger partial charge in [0.25, 0.3) is 11.8 Å². The molecule has 17 heteroatoms. The van der Waals surface area contributed by atoms with Crippen molar-refractivity contribution in [2.24, 2.45) is 5.16 Å². The number of hydrogen-bond donors (Lipinski definition) is 4. The first-order valence-electron chi connectivity index (χ1n) is 7.43. The first-order chi connectivity index (χ1) is 13.2. The van der Waals surface area contributed by atoms with Gasteiger partial charge in [0.1, 0.15) is 24.2 Å². The Hall–Kier alpha value is -1.43. The zero-order valence-electron chi connectivity index (χ0n) is 16.3. The normalized spacial score (nSPS) is 19.0. The van der Waals surface area contributed by atoms with Gasteiger partial charge in [0.15, 0.2) is 10.8 Å². The van der Waals surface area contributed by atoms with E-state index >= 15 is 0 Å². The number of nitrogens with two attached hydrogens (primary N) is 1. The summed E-state index contributed by atoms with van der Waals surface area (Å²) in [7, 11) is -3.61. The van der Waals surface area contributed by atoms with Gasteiger partial charge >= 0.3 is 39.9 Å². The Balaban J connectivity index is 0.00000420. The Labute approximate surface area is 197 Å². The second-order valence-corrected chi connectivity index (χ2v) is 8.49. The second kappa shape index (κ2) is 11.1. The summed E-state index contributed by atoms with van der Waals surface area (Å²) in [5.41, 5.74) is 5.38. The van der Waals surface area contributed by atoms with Crippen molar-refractivity contribution in [1.29, 1.82) is 0 Å². The fourth-order valence-corrected chi connectivity index (χ4v) is 5.05. The zero-order valence-corrected chi connectivity index (χ0v) is 19.7. The average molecular weight is 476 g/mol. The molecule has 0 radical (unpaired) electrons. The summed E-state index contributed by atoms with van der Waals surface area (Å²) in [5.74, 6) is -1.65. The van der Waals surface area contributed by atoms with Crippen molar-refractivity contribution in [3.05, 3.63) is 11.1 Å². The number of rotatable bonds is 10. The number of nitrogens with zero attached hydrogens (tertiary/aromatic N) is 3. The number of thioether (sulfide) groups is 1. The van der Waals surface area contributed by atoms with Crippen LogP contribution in [-0.4, -0.2) is 77.0 Å². The number of aromatic nitrogens is 1. The van der Waals surface area contributed by atoms with E-state index in [0.29, 0.717) is 6.41 Å². The maximum Gasteiger partial charge on any atom is 1.00 e. The van der Waals surface area contributed by atoms with E-state index in [1.54, 1.807) is 0 Å². The number of anilines is 1. The van der Waals surface area contributed by atoms with Crippen LogP contribution < -0.4 is 45.9 Å². The van der Waals surface area contributed by atoms with Gasteiger partial charge in [-0.25, -0.2) is 4.98 Å². The number of carbonyl (C=O) groups excluding carboxylic acids is 3. The molecule has 2 rings (SSSR count). The molecule has 1 aromatic rings. The van der Waals surface area contributed by atoms with Crippen LogP contribution in [0.15, 0.2) is 10.5 Å². The third-order valence-electron chi connectivity index (χ3n) is 3.32. The van der Waals surface area contributed by atoms with E-state index in [-0.39, 0.29) is 64.1 Å². The zero-order chi connectivity index (χ0) is 20.9. The molecular formula is C12H17N6NaO7S3. The molecule has 1 saturated heterocycles. The van der Waals surface area contributed by atoms with Crippen molar-refractivity contribution in [2.45, 2.75) is 11.4 Å². The van der Waals surface area contributed by atoms with Crippen LogP contribution in [0.5, 0.6) is 0 Å². The summed E-state index contributed by atoms with van der Waals surface area (Å²) in [4.78, 5) is 43.5. The van der Waals surface area contributed by atoms with E-state index in [1.165, 1.54) is 12.5 Å². The van der Waals surface area contributed by atoms with Crippen molar-refractivity contribution in [3.8, 4) is 0 Å². The van der Waals surface area contributed by atoms with E-state index in [2.05, 4.69) is 25.6 Å². The molecule has 0 spiro atoms. The average Bonchev–Trinajstić information content (AvgIpc) is 3.04. The molecule has 2 atom stereocenters. The molecule has 29 heavy (non-hydrogen) atoms. The van der Waals surface area contributed by atoms with Crippen LogP contribution in [0.4, 0.5) is 5.13 Å². The Morgan fingerprint density at radius 2 is 2.31 bits per heavy atom. The summed E-state index contributed by atoms with van der Waals surface area (Å²) < 4.78 is 32.3. The fraction of sp³-hybridized carbons (Fsp3) is 0.417. The summed E-state index contributed by atoms with van der Waals surface area (Å²) in [5, 5.41) is 8.82. The van der Waals surface area contributed by atoms with Crippen LogP contribution in [-0.2, 0) is 29.5 Å². The Morgan fingerprint density at radius 3 is 2.83 bits per heavy atom. The maximum absolute atomic E-state index is 12.5. The third-order valence-corrected chi connectivity index (χ3v) is 6.29. The van der Waals surface area contributed by atoms with E-state index in [0.717, 1.165) is 23.1 Å². The van der Waals surface area contributed by atoms with E-state index in [9.17, 15) is 27.4 Å². The molecule has 0 bridgehead atoms. The van der Waals surface area contributed by atoms with Gasteiger partial charge in [0, 0.05) is 17.7 Å². The second-order valence-electron chi connectivity index (χ2n) is 5.09. The Kier molecular flexibility index (Phi) is 9.80. The number of hydrogen-bond acceptors (Lipinski definition) is 11. The SMILES string of the molecule is CON=C(C(=O)NC1C(=O)N(S(=O)(=O)O)C1SCCNC=O)c1csc(N)n1.[H-].[Na+]. The monoisotopic (exact) mass is 476 g/mol. The maximum atomic E-state index is 12.5. The molecule has 3 amide bonds. The first-order valence-corrected chi connectivity index (χ1v) is 10.8. The van der Waals surface area contributed by atoms with Crippen LogP contribution in [0.2, 0.25) is 0 Å². The van der Waals surface area contributed by atoms with E-state index < -0.39 is 33.5 Å². The minimum Gasteiger partial charge on any atom is -1.00 e. The van der Waals surface area contributed by atoms with Crippen LogP contribution in [0.25, 0.3) is 0 Å². The topological polar surface area (TPSA) is 193 Å². The molecule has 13 nitrogen and oxygen atoms in total. The standard InChI is InChI=1S/C12H16N6O7S3.Na.H/c1-25-17-7(6-4-27-12(13)15-6)9(20)16-8-10(21)18(28(22,23)24)11(8)26-3-2-14-5-19;;/h4-5,8,11H,2-3H2,1H3,(H2,13,15)(H,14,19)(H,16,20)(H,22,23,24);;/q;+1;-1. The molecule has 0 saturated carbocycles. The van der Waals surface area contributed by atoms with E-state index in [1.807, 2.05) is 0 Å². The quantitative estimate of drug-likeness (QED) is 0.0484. The Morgan fingerprint density at radius 1 is 1.62 bits per heavy atom. The van der Waals surface area contributed by atoms with Crippen LogP contribution in [0, 0.1) is 0 Å². The molecule has 2 unspecified atom stereocenters. The summed E-state index contributed by atoms with van der Waals surface area (Å²) in [6.45, 7) is 0.188. The third kappa shape index (κ3) is 6.27. The van der Waals surface area contributed by atoms with Crippen molar-refractivity contribution in [1.82, 2.24) is 19.9 Å². The van der Waals surface area contributed by atoms with Crippen LogP contribution >= 0.6 is 23.1 Å². The molecule has 1 aromatic heterocycles. The molecule has 2 heterocycles. The smallest absolute Gasteiger partial charge is 1.00 e. The summed E-state index contributed by atoms with van der Waals surface area (Å²) >= 11 is 2.00. The minimum absolute atomic E-state index is 0. The first kappa shape index (κ1) is 25.6. The number of amides is 3. The molecule has 1 aliphatic heterocycles. The van der Waals surface area contributed by atoms with Crippen LogP contribution in [0.1, 0.15) is 7.12 Å². The predicted molar refractivity (Wildman–Crippen MR) is 102 cm³/mol. The largest absolute Gasteiger partial charge is 1.00 e. The molecule has 5 N–H and O–H groups in total. The molecule has 0 aromatic carbocycles.